The number of nitrogens with zero attached hydrogens (tertiary/aromatic N) is 8. The fraction of sp³-hybridized carbons (Fsp3) is 0.458. The fourth-order valence-corrected chi connectivity index (χ4v) is 10.8. The minimum Gasteiger partial charge on any atom is -0.494 e. The Kier molecular flexibility index (Phi) is 13.8. The number of nitrogens with one attached hydrogen (secondary N) is 3. The third-order valence-corrected chi connectivity index (χ3v) is 15.6. The molecule has 1 atom stereocenters. The summed E-state index contributed by atoms with van der Waals surface area (Å²) < 4.78 is 31.6. The zero-order chi connectivity index (χ0) is 47.7. The Morgan fingerprint density at radius 1 is 0.809 bits per heavy atom. The summed E-state index contributed by atoms with van der Waals surface area (Å²) in [5.74, 6) is -0.0556. The first kappa shape index (κ1) is 47.1. The van der Waals surface area contributed by atoms with Crippen molar-refractivity contribution in [3.63, 3.8) is 0 Å². The lowest BCUT2D eigenvalue weighted by Crippen LogP contribution is -2.54. The third kappa shape index (κ3) is 10.1. The van der Waals surface area contributed by atoms with Crippen molar-refractivity contribution in [3.05, 3.63) is 83.0 Å². The molecule has 360 valence electrons. The third-order valence-electron chi connectivity index (χ3n) is 14.2. The summed E-state index contributed by atoms with van der Waals surface area (Å²) in [5, 5.41) is 8.95. The Balaban J connectivity index is 0.710. The molecule has 4 saturated heterocycles. The molecular formula is C48H58ClN11O7S. The van der Waals surface area contributed by atoms with E-state index in [4.69, 9.17) is 16.3 Å². The Hall–Kier alpha value is -6.02. The van der Waals surface area contributed by atoms with E-state index >= 15 is 0 Å². The zero-order valence-corrected chi connectivity index (χ0v) is 40.2. The number of piperidine rings is 3. The lowest BCUT2D eigenvalue weighted by atomic mass is 9.92. The van der Waals surface area contributed by atoms with E-state index in [1.54, 1.807) is 43.5 Å². The van der Waals surface area contributed by atoms with Crippen molar-refractivity contribution < 1.29 is 32.3 Å². The van der Waals surface area contributed by atoms with Crippen LogP contribution in [0.4, 0.5) is 40.2 Å². The second kappa shape index (κ2) is 19.9. The van der Waals surface area contributed by atoms with Crippen molar-refractivity contribution in [3.8, 4) is 5.75 Å². The number of benzene rings is 3. The molecule has 0 aliphatic carbocycles. The number of hydrogen-bond acceptors (Lipinski definition) is 15. The molecule has 4 amide bonds. The van der Waals surface area contributed by atoms with Gasteiger partial charge in [-0.2, -0.15) is 4.98 Å². The van der Waals surface area contributed by atoms with Crippen LogP contribution in [-0.2, 0) is 19.6 Å². The van der Waals surface area contributed by atoms with E-state index in [2.05, 4.69) is 51.6 Å². The Labute approximate surface area is 402 Å². The summed E-state index contributed by atoms with van der Waals surface area (Å²) in [6.07, 6.45) is 8.34. The number of piperazine rings is 1. The van der Waals surface area contributed by atoms with Gasteiger partial charge < -0.3 is 30.1 Å². The quantitative estimate of drug-likeness (QED) is 0.138. The molecule has 5 aliphatic heterocycles. The van der Waals surface area contributed by atoms with Crippen LogP contribution < -0.4 is 34.8 Å². The van der Waals surface area contributed by atoms with Crippen molar-refractivity contribution in [1.29, 1.82) is 0 Å². The second-order valence-corrected chi connectivity index (χ2v) is 20.7. The first-order chi connectivity index (χ1) is 32.7. The summed E-state index contributed by atoms with van der Waals surface area (Å²) in [7, 11) is -0.378. The molecule has 0 bridgehead atoms. The molecule has 20 heteroatoms. The minimum atomic E-state index is -3.50. The van der Waals surface area contributed by atoms with Crippen LogP contribution in [0.25, 0.3) is 0 Å². The van der Waals surface area contributed by atoms with Gasteiger partial charge in [-0.25, -0.2) is 13.4 Å². The fourth-order valence-electron chi connectivity index (χ4n) is 10.1. The van der Waals surface area contributed by atoms with Crippen LogP contribution in [-0.4, -0.2) is 148 Å². The van der Waals surface area contributed by atoms with Crippen LogP contribution in [0.2, 0.25) is 5.02 Å². The van der Waals surface area contributed by atoms with E-state index in [-0.39, 0.29) is 29.7 Å². The summed E-state index contributed by atoms with van der Waals surface area (Å²) in [4.78, 5) is 70.7. The van der Waals surface area contributed by atoms with Gasteiger partial charge in [0.25, 0.3) is 11.8 Å². The van der Waals surface area contributed by atoms with Gasteiger partial charge in [0.15, 0.2) is 5.82 Å². The average Bonchev–Trinajstić information content (AvgIpc) is 3.59. The van der Waals surface area contributed by atoms with Crippen molar-refractivity contribution >= 4 is 85.5 Å². The van der Waals surface area contributed by atoms with Crippen LogP contribution in [0.15, 0.2) is 66.9 Å². The van der Waals surface area contributed by atoms with Gasteiger partial charge >= 0.3 is 0 Å². The Morgan fingerprint density at radius 2 is 1.49 bits per heavy atom. The summed E-state index contributed by atoms with van der Waals surface area (Å²) in [6.45, 7) is 9.06. The highest BCUT2D eigenvalue weighted by Gasteiger charge is 2.45. The SMILES string of the molecule is COc1cc(N2CCC(N3CCN(CCC4CCN(c5ccc6c(c5)C(=O)N(C5CCC(=O)NC5=O)C6=O)CC4)CC3)CC2)ccc1Nc1ncc(Cl)c(Nc2ccccc2N(C)S(C)(=O)=O)n1. The maximum atomic E-state index is 13.4. The number of sulfonamides is 1. The van der Waals surface area contributed by atoms with Crippen molar-refractivity contribution in [2.45, 2.75) is 57.0 Å². The van der Waals surface area contributed by atoms with Crippen LogP contribution in [0, 0.1) is 5.92 Å². The van der Waals surface area contributed by atoms with E-state index in [1.807, 2.05) is 18.2 Å². The number of carbonyl (C=O) groups is 4. The molecule has 0 saturated carbocycles. The van der Waals surface area contributed by atoms with Crippen LogP contribution in [0.5, 0.6) is 5.75 Å². The molecule has 5 aliphatic rings. The van der Waals surface area contributed by atoms with E-state index in [1.165, 1.54) is 17.5 Å². The predicted molar refractivity (Wildman–Crippen MR) is 262 cm³/mol. The number of fused-ring (bicyclic) bond motifs is 1. The van der Waals surface area contributed by atoms with Crippen molar-refractivity contribution in [1.82, 2.24) is 30.0 Å². The first-order valence-corrected chi connectivity index (χ1v) is 25.6. The van der Waals surface area contributed by atoms with E-state index < -0.39 is 33.8 Å². The van der Waals surface area contributed by atoms with Gasteiger partial charge in [0.1, 0.15) is 16.8 Å². The molecule has 9 rings (SSSR count). The number of halogens is 1. The molecule has 1 unspecified atom stereocenters. The zero-order valence-electron chi connectivity index (χ0n) is 38.6. The maximum Gasteiger partial charge on any atom is 0.262 e. The van der Waals surface area contributed by atoms with Crippen LogP contribution in [0.3, 0.4) is 0 Å². The van der Waals surface area contributed by atoms with Gasteiger partial charge in [-0.15, -0.1) is 0 Å². The molecule has 18 nitrogen and oxygen atoms in total. The summed E-state index contributed by atoms with van der Waals surface area (Å²) in [6, 6.07) is 18.1. The topological polar surface area (TPSA) is 193 Å². The molecule has 3 N–H and O–H groups in total. The lowest BCUT2D eigenvalue weighted by molar-refractivity contribution is -0.136. The molecule has 0 spiro atoms. The number of hydrogen-bond donors (Lipinski definition) is 3. The number of amides is 4. The summed E-state index contributed by atoms with van der Waals surface area (Å²) in [5.41, 5.74) is 4.29. The Bertz CT molecular complexity index is 2690. The highest BCUT2D eigenvalue weighted by molar-refractivity contribution is 7.92. The highest BCUT2D eigenvalue weighted by atomic mass is 35.5. The Morgan fingerprint density at radius 3 is 2.19 bits per heavy atom. The van der Waals surface area contributed by atoms with Crippen molar-refractivity contribution in [2.75, 3.05) is 104 Å². The number of carbonyl (C=O) groups excluding carboxylic acids is 4. The second-order valence-electron chi connectivity index (χ2n) is 18.3. The molecule has 4 aromatic rings. The molecule has 68 heavy (non-hydrogen) atoms. The normalized spacial score (nSPS) is 20.1. The molecule has 0 radical (unpaired) electrons. The van der Waals surface area contributed by atoms with E-state index in [0.717, 1.165) is 114 Å². The standard InChI is InChI=1S/C48H58ClN11O7S/c1-55(68(3,65)66)40-7-5-4-6-38(40)51-44-37(49)30-50-48(54-44)52-39-11-9-34(29-42(39)67-2)58-22-17-32(18-23-58)59-26-24-56(25-27-59)19-14-31-15-20-57(21-16-31)33-8-10-35-36(28-33)47(64)60(46(35)63)41-12-13-43(61)53-45(41)62/h4-11,28-32,41H,12-27H2,1-3H3,(H,53,61,62)(H2,50,51,52,54). The maximum absolute atomic E-state index is 13.4. The van der Waals surface area contributed by atoms with Crippen LogP contribution in [0.1, 0.15) is 65.7 Å². The molecule has 1 aromatic heterocycles. The lowest BCUT2D eigenvalue weighted by Gasteiger charge is -2.43. The first-order valence-electron chi connectivity index (χ1n) is 23.3. The number of methoxy groups -OCH3 is 1. The number of imide groups is 2. The highest BCUT2D eigenvalue weighted by Crippen LogP contribution is 2.37. The molecule has 3 aromatic carbocycles. The number of aromatic nitrogens is 2. The van der Waals surface area contributed by atoms with Gasteiger partial charge in [-0.05, 0) is 93.5 Å². The van der Waals surface area contributed by atoms with Crippen LogP contribution >= 0.6 is 11.6 Å². The van der Waals surface area contributed by atoms with E-state index in [0.29, 0.717) is 51.7 Å². The van der Waals surface area contributed by atoms with Gasteiger partial charge in [0, 0.05) is 89.3 Å². The van der Waals surface area contributed by atoms with Gasteiger partial charge in [-0.1, -0.05) is 23.7 Å². The largest absolute Gasteiger partial charge is 0.494 e. The number of rotatable bonds is 14. The molecule has 4 fully saturated rings. The van der Waals surface area contributed by atoms with Gasteiger partial charge in [-0.3, -0.25) is 38.6 Å². The number of anilines is 7. The number of ether oxygens (including phenoxy) is 1. The van der Waals surface area contributed by atoms with E-state index in [9.17, 15) is 27.6 Å². The predicted octanol–water partition coefficient (Wildman–Crippen LogP) is 5.32. The smallest absolute Gasteiger partial charge is 0.262 e. The van der Waals surface area contributed by atoms with Gasteiger partial charge in [0.05, 0.1) is 47.8 Å². The van der Waals surface area contributed by atoms with Gasteiger partial charge in [0.2, 0.25) is 27.8 Å². The summed E-state index contributed by atoms with van der Waals surface area (Å²) >= 11 is 6.49. The molecular weight excluding hydrogens is 910 g/mol. The molecule has 6 heterocycles. The number of para-hydroxylation sites is 2. The average molecular weight is 969 g/mol. The van der Waals surface area contributed by atoms with Crippen molar-refractivity contribution in [2.24, 2.45) is 5.92 Å². The monoisotopic (exact) mass is 967 g/mol. The minimum absolute atomic E-state index is 0.0967.